The summed E-state index contributed by atoms with van der Waals surface area (Å²) in [5.41, 5.74) is 4.54. The van der Waals surface area contributed by atoms with Crippen LogP contribution in [-0.2, 0) is 17.6 Å². The molecule has 2 aromatic rings. The monoisotopic (exact) mass is 335 g/mol. The number of nitriles is 1. The summed E-state index contributed by atoms with van der Waals surface area (Å²) >= 11 is 0. The van der Waals surface area contributed by atoms with Crippen molar-refractivity contribution in [3.05, 3.63) is 68.1 Å². The molecule has 1 unspecified atom stereocenters. The van der Waals surface area contributed by atoms with E-state index in [1.807, 2.05) is 18.2 Å². The zero-order valence-corrected chi connectivity index (χ0v) is 14.5. The number of hydrogen-bond donors (Lipinski definition) is 2. The largest absolute Gasteiger partial charge is 0.349 e. The van der Waals surface area contributed by atoms with Crippen LogP contribution < -0.4 is 10.9 Å². The number of amides is 1. The molecule has 0 radical (unpaired) electrons. The van der Waals surface area contributed by atoms with E-state index in [1.54, 1.807) is 13.8 Å². The molecule has 1 aliphatic rings. The SMILES string of the molecule is Cc1[nH]c(=O)c(C#N)c(C)c1CCC(=O)NC1CCc2ccccc21. The van der Waals surface area contributed by atoms with E-state index in [4.69, 9.17) is 5.26 Å². The number of hydrogen-bond acceptors (Lipinski definition) is 3. The minimum Gasteiger partial charge on any atom is -0.349 e. The Kier molecular flexibility index (Phi) is 4.71. The molecule has 5 nitrogen and oxygen atoms in total. The van der Waals surface area contributed by atoms with Crippen molar-refractivity contribution < 1.29 is 4.79 Å². The van der Waals surface area contributed by atoms with Gasteiger partial charge in [-0.3, -0.25) is 9.59 Å². The summed E-state index contributed by atoms with van der Waals surface area (Å²) in [6.07, 6.45) is 2.76. The van der Waals surface area contributed by atoms with Crippen molar-refractivity contribution in [2.45, 2.75) is 45.6 Å². The van der Waals surface area contributed by atoms with Crippen LogP contribution in [0.2, 0.25) is 0 Å². The second kappa shape index (κ2) is 6.94. The standard InChI is InChI=1S/C20H21N3O2/c1-12-15(13(2)22-20(25)17(12)11-21)8-10-19(24)23-18-9-7-14-5-3-4-6-16(14)18/h3-6,18H,7-10H2,1-2H3,(H,22,25)(H,23,24). The molecule has 1 aromatic carbocycles. The molecule has 3 rings (SSSR count). The maximum atomic E-state index is 12.4. The number of aromatic amines is 1. The number of fused-ring (bicyclic) bond motifs is 1. The van der Waals surface area contributed by atoms with Gasteiger partial charge in [-0.2, -0.15) is 5.26 Å². The zero-order chi connectivity index (χ0) is 18.0. The normalized spacial score (nSPS) is 15.5. The molecular formula is C20H21N3O2. The average molecular weight is 335 g/mol. The van der Waals surface area contributed by atoms with Crippen LogP contribution >= 0.6 is 0 Å². The number of nitrogens with zero attached hydrogens (tertiary/aromatic N) is 1. The highest BCUT2D eigenvalue weighted by molar-refractivity contribution is 5.77. The lowest BCUT2D eigenvalue weighted by Crippen LogP contribution is -2.27. The van der Waals surface area contributed by atoms with Crippen molar-refractivity contribution in [1.82, 2.24) is 10.3 Å². The second-order valence-corrected chi connectivity index (χ2v) is 6.53. The topological polar surface area (TPSA) is 85.8 Å². The highest BCUT2D eigenvalue weighted by atomic mass is 16.1. The molecule has 1 amide bonds. The van der Waals surface area contributed by atoms with Crippen molar-refractivity contribution >= 4 is 5.91 Å². The zero-order valence-electron chi connectivity index (χ0n) is 14.5. The summed E-state index contributed by atoms with van der Waals surface area (Å²) in [6, 6.07) is 10.2. The smallest absolute Gasteiger partial charge is 0.266 e. The third kappa shape index (κ3) is 3.34. The van der Waals surface area contributed by atoms with Gasteiger partial charge in [0.25, 0.3) is 5.56 Å². The molecule has 1 atom stereocenters. The lowest BCUT2D eigenvalue weighted by Gasteiger charge is -2.15. The van der Waals surface area contributed by atoms with E-state index in [1.165, 1.54) is 11.1 Å². The van der Waals surface area contributed by atoms with Crippen molar-refractivity contribution in [1.29, 1.82) is 5.26 Å². The van der Waals surface area contributed by atoms with E-state index in [0.29, 0.717) is 18.4 Å². The van der Waals surface area contributed by atoms with E-state index in [9.17, 15) is 9.59 Å². The molecule has 0 saturated carbocycles. The molecule has 0 saturated heterocycles. The summed E-state index contributed by atoms with van der Waals surface area (Å²) < 4.78 is 0. The van der Waals surface area contributed by atoms with Crippen LogP contribution in [0.25, 0.3) is 0 Å². The lowest BCUT2D eigenvalue weighted by molar-refractivity contribution is -0.121. The van der Waals surface area contributed by atoms with E-state index in [0.717, 1.165) is 24.1 Å². The molecule has 1 aromatic heterocycles. The van der Waals surface area contributed by atoms with Gasteiger partial charge in [-0.25, -0.2) is 0 Å². The second-order valence-electron chi connectivity index (χ2n) is 6.53. The maximum absolute atomic E-state index is 12.4. The van der Waals surface area contributed by atoms with Gasteiger partial charge in [-0.05, 0) is 55.4 Å². The number of pyridine rings is 1. The van der Waals surface area contributed by atoms with Gasteiger partial charge >= 0.3 is 0 Å². The molecule has 25 heavy (non-hydrogen) atoms. The number of benzene rings is 1. The molecular weight excluding hydrogens is 314 g/mol. The summed E-state index contributed by atoms with van der Waals surface area (Å²) in [6.45, 7) is 3.57. The number of H-pyrrole nitrogens is 1. The van der Waals surface area contributed by atoms with E-state index in [2.05, 4.69) is 22.4 Å². The Bertz CT molecular complexity index is 922. The number of carbonyl (C=O) groups is 1. The van der Waals surface area contributed by atoms with Crippen LogP contribution in [0.15, 0.2) is 29.1 Å². The lowest BCUT2D eigenvalue weighted by atomic mass is 9.99. The van der Waals surface area contributed by atoms with Crippen LogP contribution in [0, 0.1) is 25.2 Å². The van der Waals surface area contributed by atoms with Crippen LogP contribution in [-0.4, -0.2) is 10.9 Å². The molecule has 2 N–H and O–H groups in total. The van der Waals surface area contributed by atoms with E-state index in [-0.39, 0.29) is 23.1 Å². The van der Waals surface area contributed by atoms with E-state index >= 15 is 0 Å². The highest BCUT2D eigenvalue weighted by Crippen LogP contribution is 2.30. The van der Waals surface area contributed by atoms with Crippen molar-refractivity contribution in [3.63, 3.8) is 0 Å². The average Bonchev–Trinajstić information content (AvgIpc) is 2.98. The van der Waals surface area contributed by atoms with Crippen molar-refractivity contribution in [3.8, 4) is 6.07 Å². The molecule has 1 aliphatic carbocycles. The Hall–Kier alpha value is -2.87. The first-order chi connectivity index (χ1) is 12.0. The number of rotatable bonds is 4. The van der Waals surface area contributed by atoms with Crippen molar-refractivity contribution in [2.75, 3.05) is 0 Å². The van der Waals surface area contributed by atoms with Gasteiger partial charge in [0, 0.05) is 12.1 Å². The summed E-state index contributed by atoms with van der Waals surface area (Å²) in [5, 5.41) is 12.2. The number of carbonyl (C=O) groups excluding carboxylic acids is 1. The summed E-state index contributed by atoms with van der Waals surface area (Å²) in [5.74, 6) is -0.00906. The van der Waals surface area contributed by atoms with Crippen LogP contribution in [0.5, 0.6) is 0 Å². The first-order valence-electron chi connectivity index (χ1n) is 8.51. The Labute approximate surface area is 146 Å². The maximum Gasteiger partial charge on any atom is 0.266 e. The van der Waals surface area contributed by atoms with Gasteiger partial charge in [-0.15, -0.1) is 0 Å². The minimum absolute atomic E-state index is 0.00906. The minimum atomic E-state index is -0.367. The summed E-state index contributed by atoms with van der Waals surface area (Å²) in [4.78, 5) is 26.8. The molecule has 1 heterocycles. The van der Waals surface area contributed by atoms with Crippen LogP contribution in [0.1, 0.15) is 52.4 Å². The van der Waals surface area contributed by atoms with Crippen molar-refractivity contribution in [2.24, 2.45) is 0 Å². The Morgan fingerprint density at radius 1 is 1.36 bits per heavy atom. The molecule has 0 fully saturated rings. The van der Waals surface area contributed by atoms with Crippen LogP contribution in [0.4, 0.5) is 0 Å². The Balaban J connectivity index is 1.68. The highest BCUT2D eigenvalue weighted by Gasteiger charge is 2.23. The Morgan fingerprint density at radius 3 is 2.88 bits per heavy atom. The summed E-state index contributed by atoms with van der Waals surface area (Å²) in [7, 11) is 0. The molecule has 128 valence electrons. The molecule has 0 bridgehead atoms. The van der Waals surface area contributed by atoms with Gasteiger partial charge in [0.05, 0.1) is 6.04 Å². The van der Waals surface area contributed by atoms with Gasteiger partial charge in [-0.1, -0.05) is 24.3 Å². The quantitative estimate of drug-likeness (QED) is 0.900. The fraction of sp³-hybridized carbons (Fsp3) is 0.350. The number of nitrogens with one attached hydrogen (secondary N) is 2. The third-order valence-electron chi connectivity index (χ3n) is 4.99. The number of aromatic nitrogens is 1. The molecule has 5 heteroatoms. The van der Waals surface area contributed by atoms with Gasteiger partial charge in [0.1, 0.15) is 11.6 Å². The van der Waals surface area contributed by atoms with Gasteiger partial charge in [0.15, 0.2) is 0 Å². The van der Waals surface area contributed by atoms with Gasteiger partial charge < -0.3 is 10.3 Å². The fourth-order valence-corrected chi connectivity index (χ4v) is 3.63. The van der Waals surface area contributed by atoms with Crippen LogP contribution in [0.3, 0.4) is 0 Å². The van der Waals surface area contributed by atoms with E-state index < -0.39 is 0 Å². The number of aryl methyl sites for hydroxylation is 2. The molecule has 0 aliphatic heterocycles. The first-order valence-corrected chi connectivity index (χ1v) is 8.51. The molecule has 0 spiro atoms. The Morgan fingerprint density at radius 2 is 2.12 bits per heavy atom. The predicted octanol–water partition coefficient (Wildman–Crippen LogP) is 2.60. The third-order valence-corrected chi connectivity index (χ3v) is 4.99. The van der Waals surface area contributed by atoms with Gasteiger partial charge in [0.2, 0.25) is 5.91 Å². The predicted molar refractivity (Wildman–Crippen MR) is 95.2 cm³/mol. The fourth-order valence-electron chi connectivity index (χ4n) is 3.63. The first kappa shape index (κ1) is 17.0.